The predicted octanol–water partition coefficient (Wildman–Crippen LogP) is 1.25. The fraction of sp³-hybridized carbons (Fsp3) is 1.00. The summed E-state index contributed by atoms with van der Waals surface area (Å²) in [6.45, 7) is -0.849. The first-order valence-electron chi connectivity index (χ1n) is 2.96. The van der Waals surface area contributed by atoms with Crippen LogP contribution in [0.25, 0.3) is 0 Å². The molecule has 0 aromatic carbocycles. The number of halogens is 3. The van der Waals surface area contributed by atoms with E-state index in [9.17, 15) is 13.2 Å². The molecule has 10 heavy (non-hydrogen) atoms. The maximum Gasteiger partial charge on any atom is 0.401 e. The van der Waals surface area contributed by atoms with E-state index in [1.165, 1.54) is 0 Å². The Labute approximate surface area is 61.4 Å². The van der Waals surface area contributed by atoms with Crippen LogP contribution in [0.5, 0.6) is 0 Å². The molecule has 1 aliphatic heterocycles. The SMILES string of the molecule is FC(F)(F)CNC1CSC1. The van der Waals surface area contributed by atoms with Gasteiger partial charge in [0, 0.05) is 17.5 Å². The minimum absolute atomic E-state index is 0.0895. The van der Waals surface area contributed by atoms with Crippen LogP contribution in [0.4, 0.5) is 13.2 Å². The van der Waals surface area contributed by atoms with Crippen LogP contribution >= 0.6 is 11.8 Å². The quantitative estimate of drug-likeness (QED) is 0.671. The molecule has 0 bridgehead atoms. The van der Waals surface area contributed by atoms with E-state index < -0.39 is 12.7 Å². The van der Waals surface area contributed by atoms with Gasteiger partial charge in [-0.1, -0.05) is 0 Å². The van der Waals surface area contributed by atoms with E-state index in [1.807, 2.05) is 0 Å². The van der Waals surface area contributed by atoms with Gasteiger partial charge in [-0.15, -0.1) is 0 Å². The van der Waals surface area contributed by atoms with E-state index in [-0.39, 0.29) is 6.04 Å². The Morgan fingerprint density at radius 2 is 2.00 bits per heavy atom. The van der Waals surface area contributed by atoms with Crippen LogP contribution in [0.1, 0.15) is 0 Å². The van der Waals surface area contributed by atoms with Gasteiger partial charge in [0.15, 0.2) is 0 Å². The van der Waals surface area contributed by atoms with Gasteiger partial charge >= 0.3 is 6.18 Å². The third-order valence-corrected chi connectivity index (χ3v) is 2.51. The second-order valence-corrected chi connectivity index (χ2v) is 3.31. The fourth-order valence-corrected chi connectivity index (χ4v) is 1.32. The molecule has 1 nitrogen and oxygen atoms in total. The van der Waals surface area contributed by atoms with Crippen molar-refractivity contribution in [2.45, 2.75) is 12.2 Å². The molecule has 1 fully saturated rings. The van der Waals surface area contributed by atoms with Gasteiger partial charge in [0.2, 0.25) is 0 Å². The van der Waals surface area contributed by atoms with Crippen molar-refractivity contribution in [2.75, 3.05) is 18.1 Å². The van der Waals surface area contributed by atoms with E-state index in [0.29, 0.717) is 0 Å². The lowest BCUT2D eigenvalue weighted by Crippen LogP contribution is -2.44. The number of rotatable bonds is 2. The summed E-state index contributed by atoms with van der Waals surface area (Å²) in [5.41, 5.74) is 0. The molecule has 5 heteroatoms. The lowest BCUT2D eigenvalue weighted by atomic mass is 10.3. The van der Waals surface area contributed by atoms with Gasteiger partial charge in [-0.2, -0.15) is 24.9 Å². The van der Waals surface area contributed by atoms with E-state index >= 15 is 0 Å². The second-order valence-electron chi connectivity index (χ2n) is 2.23. The van der Waals surface area contributed by atoms with E-state index in [1.54, 1.807) is 11.8 Å². The summed E-state index contributed by atoms with van der Waals surface area (Å²) in [6.07, 6.45) is -4.06. The molecule has 0 aliphatic carbocycles. The largest absolute Gasteiger partial charge is 0.401 e. The van der Waals surface area contributed by atoms with Crippen LogP contribution in [-0.4, -0.2) is 30.3 Å². The molecule has 0 amide bonds. The van der Waals surface area contributed by atoms with Gasteiger partial charge in [0.05, 0.1) is 6.54 Å². The topological polar surface area (TPSA) is 12.0 Å². The maximum atomic E-state index is 11.5. The normalized spacial score (nSPS) is 20.7. The van der Waals surface area contributed by atoms with Crippen LogP contribution in [0.3, 0.4) is 0 Å². The van der Waals surface area contributed by atoms with E-state index in [2.05, 4.69) is 5.32 Å². The number of hydrogen-bond donors (Lipinski definition) is 1. The molecule has 1 N–H and O–H groups in total. The molecule has 1 aliphatic rings. The Balaban J connectivity index is 2.04. The Hall–Kier alpha value is 0.100. The zero-order valence-electron chi connectivity index (χ0n) is 5.24. The summed E-state index contributed by atoms with van der Waals surface area (Å²) in [5, 5.41) is 2.41. The monoisotopic (exact) mass is 171 g/mol. The van der Waals surface area contributed by atoms with Gasteiger partial charge in [0.25, 0.3) is 0 Å². The van der Waals surface area contributed by atoms with E-state index in [4.69, 9.17) is 0 Å². The summed E-state index contributed by atoms with van der Waals surface area (Å²) in [4.78, 5) is 0. The molecule has 0 saturated carbocycles. The number of nitrogens with one attached hydrogen (secondary N) is 1. The van der Waals surface area contributed by atoms with Gasteiger partial charge in [-0.25, -0.2) is 0 Å². The summed E-state index contributed by atoms with van der Waals surface area (Å²) < 4.78 is 34.5. The van der Waals surface area contributed by atoms with Gasteiger partial charge in [0.1, 0.15) is 0 Å². The molecule has 0 spiro atoms. The molecular weight excluding hydrogens is 163 g/mol. The Morgan fingerprint density at radius 3 is 2.30 bits per heavy atom. The summed E-state index contributed by atoms with van der Waals surface area (Å²) in [7, 11) is 0. The highest BCUT2D eigenvalue weighted by molar-refractivity contribution is 8.00. The molecule has 60 valence electrons. The first-order chi connectivity index (χ1) is 4.58. The first kappa shape index (κ1) is 8.20. The van der Waals surface area contributed by atoms with Crippen molar-refractivity contribution in [3.63, 3.8) is 0 Å². The molecule has 0 aromatic heterocycles. The Bertz CT molecular complexity index is 110. The zero-order valence-corrected chi connectivity index (χ0v) is 6.06. The highest BCUT2D eigenvalue weighted by Gasteiger charge is 2.29. The minimum atomic E-state index is -4.06. The lowest BCUT2D eigenvalue weighted by molar-refractivity contribution is -0.125. The average molecular weight is 171 g/mol. The Kier molecular flexibility index (Phi) is 2.46. The van der Waals surface area contributed by atoms with Crippen molar-refractivity contribution in [2.24, 2.45) is 0 Å². The number of alkyl halides is 3. The average Bonchev–Trinajstić information content (AvgIpc) is 1.56. The first-order valence-corrected chi connectivity index (χ1v) is 4.11. The van der Waals surface area contributed by atoms with Gasteiger partial charge in [-0.05, 0) is 0 Å². The maximum absolute atomic E-state index is 11.5. The van der Waals surface area contributed by atoms with Crippen LogP contribution in [0.2, 0.25) is 0 Å². The minimum Gasteiger partial charge on any atom is -0.304 e. The predicted molar refractivity (Wildman–Crippen MR) is 35.2 cm³/mol. The van der Waals surface area contributed by atoms with Gasteiger partial charge < -0.3 is 5.32 Å². The van der Waals surface area contributed by atoms with Crippen molar-refractivity contribution >= 4 is 11.8 Å². The number of thioether (sulfide) groups is 1. The highest BCUT2D eigenvalue weighted by Crippen LogP contribution is 2.19. The van der Waals surface area contributed by atoms with Crippen molar-refractivity contribution < 1.29 is 13.2 Å². The highest BCUT2D eigenvalue weighted by atomic mass is 32.2. The molecule has 1 rings (SSSR count). The molecule has 1 saturated heterocycles. The third-order valence-electron chi connectivity index (χ3n) is 1.23. The molecule has 0 radical (unpaired) electrons. The second kappa shape index (κ2) is 3.00. The summed E-state index contributed by atoms with van der Waals surface area (Å²) >= 11 is 1.67. The van der Waals surface area contributed by atoms with E-state index in [0.717, 1.165) is 11.5 Å². The number of hydrogen-bond acceptors (Lipinski definition) is 2. The van der Waals surface area contributed by atoms with Crippen LogP contribution < -0.4 is 5.32 Å². The molecule has 0 atom stereocenters. The standard InChI is InChI=1S/C5H8F3NS/c6-5(7,8)3-9-4-1-10-2-4/h4,9H,1-3H2. The van der Waals surface area contributed by atoms with Crippen LogP contribution in [0.15, 0.2) is 0 Å². The third kappa shape index (κ3) is 2.79. The summed E-state index contributed by atoms with van der Waals surface area (Å²) in [6, 6.07) is 0.0895. The van der Waals surface area contributed by atoms with Crippen LogP contribution in [0, 0.1) is 0 Å². The molecule has 0 unspecified atom stereocenters. The smallest absolute Gasteiger partial charge is 0.304 e. The molecule has 1 heterocycles. The van der Waals surface area contributed by atoms with Crippen molar-refractivity contribution in [3.05, 3.63) is 0 Å². The summed E-state index contributed by atoms with van der Waals surface area (Å²) in [5.74, 6) is 1.63. The lowest BCUT2D eigenvalue weighted by Gasteiger charge is -2.26. The van der Waals surface area contributed by atoms with Crippen molar-refractivity contribution in [1.82, 2.24) is 5.32 Å². The van der Waals surface area contributed by atoms with Crippen LogP contribution in [-0.2, 0) is 0 Å². The van der Waals surface area contributed by atoms with Crippen molar-refractivity contribution in [3.8, 4) is 0 Å². The van der Waals surface area contributed by atoms with Gasteiger partial charge in [-0.3, -0.25) is 0 Å². The zero-order chi connectivity index (χ0) is 7.61. The van der Waals surface area contributed by atoms with Crippen molar-refractivity contribution in [1.29, 1.82) is 0 Å². The fourth-order valence-electron chi connectivity index (χ4n) is 0.614. The molecule has 0 aromatic rings. The Morgan fingerprint density at radius 1 is 1.40 bits per heavy atom. The molecular formula is C5H8F3NS.